The van der Waals surface area contributed by atoms with E-state index < -0.39 is 0 Å². The van der Waals surface area contributed by atoms with Gasteiger partial charge in [0.05, 0.1) is 24.1 Å². The highest BCUT2D eigenvalue weighted by Crippen LogP contribution is 2.33. The lowest BCUT2D eigenvalue weighted by Crippen LogP contribution is -2.29. The number of hydrogen-bond donors (Lipinski definition) is 3. The summed E-state index contributed by atoms with van der Waals surface area (Å²) in [7, 11) is 0. The Morgan fingerprint density at radius 1 is 1.04 bits per heavy atom. The molecule has 0 radical (unpaired) electrons. The van der Waals surface area contributed by atoms with E-state index in [4.69, 9.17) is 0 Å². The van der Waals surface area contributed by atoms with E-state index in [0.717, 1.165) is 48.1 Å². The summed E-state index contributed by atoms with van der Waals surface area (Å²) in [4.78, 5) is 0. The van der Waals surface area contributed by atoms with Gasteiger partial charge in [0.2, 0.25) is 0 Å². The number of H-pyrrole nitrogens is 1. The SMILES string of the molecule is Oc1cc(-c2cn[nH]c2)ccc1-c1cc2cnn(C3CCNCC3)c2nn1. The maximum atomic E-state index is 10.5. The third-order valence-electron chi connectivity index (χ3n) is 5.10. The van der Waals surface area contributed by atoms with E-state index in [9.17, 15) is 5.11 Å². The fraction of sp³-hybridized carbons (Fsp3) is 0.263. The lowest BCUT2D eigenvalue weighted by Gasteiger charge is -2.23. The van der Waals surface area contributed by atoms with Crippen molar-refractivity contribution in [3.8, 4) is 28.1 Å². The minimum absolute atomic E-state index is 0.160. The van der Waals surface area contributed by atoms with Crippen LogP contribution in [0.2, 0.25) is 0 Å². The van der Waals surface area contributed by atoms with Crippen LogP contribution in [-0.4, -0.2) is 48.4 Å². The molecule has 27 heavy (non-hydrogen) atoms. The Morgan fingerprint density at radius 3 is 2.70 bits per heavy atom. The standard InChI is InChI=1S/C19H19N7O/c27-18-8-12(14-9-21-22-10-14)1-2-16(18)17-7-13-11-23-26(19(13)25-24-17)15-3-5-20-6-4-15/h1-2,7-11,15,20,27H,3-6H2,(H,21,22). The molecule has 0 amide bonds. The number of piperidine rings is 1. The maximum absolute atomic E-state index is 10.5. The molecule has 1 aliphatic rings. The second kappa shape index (κ2) is 6.48. The van der Waals surface area contributed by atoms with Crippen LogP contribution in [0.15, 0.2) is 42.9 Å². The van der Waals surface area contributed by atoms with Crippen molar-refractivity contribution in [3.05, 3.63) is 42.9 Å². The van der Waals surface area contributed by atoms with Crippen LogP contribution >= 0.6 is 0 Å². The molecule has 8 heteroatoms. The molecule has 0 saturated carbocycles. The Hall–Kier alpha value is -3.26. The van der Waals surface area contributed by atoms with Crippen LogP contribution in [0.4, 0.5) is 0 Å². The summed E-state index contributed by atoms with van der Waals surface area (Å²) in [6.07, 6.45) is 7.41. The maximum Gasteiger partial charge on any atom is 0.180 e. The Bertz CT molecular complexity index is 1080. The van der Waals surface area contributed by atoms with E-state index in [2.05, 4.69) is 30.8 Å². The number of fused-ring (bicyclic) bond motifs is 1. The highest BCUT2D eigenvalue weighted by molar-refractivity contribution is 5.81. The van der Waals surface area contributed by atoms with E-state index in [0.29, 0.717) is 17.3 Å². The number of phenols is 1. The summed E-state index contributed by atoms with van der Waals surface area (Å²) < 4.78 is 1.98. The third-order valence-corrected chi connectivity index (χ3v) is 5.10. The Kier molecular flexibility index (Phi) is 3.83. The van der Waals surface area contributed by atoms with Gasteiger partial charge in [0.25, 0.3) is 0 Å². The Labute approximate surface area is 155 Å². The first-order valence-electron chi connectivity index (χ1n) is 9.04. The minimum atomic E-state index is 0.160. The quantitative estimate of drug-likeness (QED) is 0.518. The zero-order valence-corrected chi connectivity index (χ0v) is 14.6. The van der Waals surface area contributed by atoms with Crippen LogP contribution in [0.5, 0.6) is 5.75 Å². The lowest BCUT2D eigenvalue weighted by molar-refractivity contribution is 0.349. The Balaban J connectivity index is 1.50. The third kappa shape index (κ3) is 2.83. The molecular weight excluding hydrogens is 342 g/mol. The molecule has 0 atom stereocenters. The molecular formula is C19H19N7O. The van der Waals surface area contributed by atoms with Crippen LogP contribution in [0.3, 0.4) is 0 Å². The van der Waals surface area contributed by atoms with Gasteiger partial charge in [0.1, 0.15) is 5.75 Å². The molecule has 1 saturated heterocycles. The van der Waals surface area contributed by atoms with Gasteiger partial charge >= 0.3 is 0 Å². The van der Waals surface area contributed by atoms with Crippen molar-refractivity contribution in [2.75, 3.05) is 13.1 Å². The number of aromatic nitrogens is 6. The van der Waals surface area contributed by atoms with E-state index in [1.807, 2.05) is 29.1 Å². The fourth-order valence-corrected chi connectivity index (χ4v) is 3.64. The van der Waals surface area contributed by atoms with Crippen LogP contribution in [0, 0.1) is 0 Å². The van der Waals surface area contributed by atoms with Crippen molar-refractivity contribution in [3.63, 3.8) is 0 Å². The van der Waals surface area contributed by atoms with Crippen LogP contribution < -0.4 is 5.32 Å². The first-order chi connectivity index (χ1) is 13.3. The predicted molar refractivity (Wildman–Crippen MR) is 101 cm³/mol. The van der Waals surface area contributed by atoms with Gasteiger partial charge in [0, 0.05) is 22.7 Å². The highest BCUT2D eigenvalue weighted by atomic mass is 16.3. The van der Waals surface area contributed by atoms with E-state index in [-0.39, 0.29) is 5.75 Å². The number of aromatic hydroxyl groups is 1. The van der Waals surface area contributed by atoms with Gasteiger partial charge in [-0.3, -0.25) is 5.10 Å². The van der Waals surface area contributed by atoms with Crippen molar-refractivity contribution in [1.82, 2.24) is 35.5 Å². The van der Waals surface area contributed by atoms with Gasteiger partial charge in [-0.05, 0) is 49.7 Å². The molecule has 5 rings (SSSR count). The van der Waals surface area contributed by atoms with Gasteiger partial charge < -0.3 is 10.4 Å². The van der Waals surface area contributed by atoms with Gasteiger partial charge in [-0.25, -0.2) is 4.68 Å². The molecule has 1 aliphatic heterocycles. The number of rotatable bonds is 3. The Morgan fingerprint density at radius 2 is 1.93 bits per heavy atom. The van der Waals surface area contributed by atoms with Crippen LogP contribution in [0.1, 0.15) is 18.9 Å². The first kappa shape index (κ1) is 16.0. The summed E-state index contributed by atoms with van der Waals surface area (Å²) >= 11 is 0. The van der Waals surface area contributed by atoms with Crippen LogP contribution in [0.25, 0.3) is 33.4 Å². The molecule has 0 aliphatic carbocycles. The number of phenolic OH excluding ortho intramolecular Hbond substituents is 1. The predicted octanol–water partition coefficient (Wildman–Crippen LogP) is 2.51. The number of nitrogens with zero attached hydrogens (tertiary/aromatic N) is 5. The average Bonchev–Trinajstić information content (AvgIpc) is 3.38. The molecule has 0 unspecified atom stereocenters. The second-order valence-corrected chi connectivity index (χ2v) is 6.80. The molecule has 3 aromatic heterocycles. The van der Waals surface area contributed by atoms with Crippen molar-refractivity contribution in [2.45, 2.75) is 18.9 Å². The van der Waals surface area contributed by atoms with Gasteiger partial charge in [0.15, 0.2) is 5.65 Å². The number of hydrogen-bond acceptors (Lipinski definition) is 6. The molecule has 136 valence electrons. The number of aromatic amines is 1. The smallest absolute Gasteiger partial charge is 0.180 e. The van der Waals surface area contributed by atoms with Gasteiger partial charge in [-0.2, -0.15) is 10.2 Å². The zero-order valence-electron chi connectivity index (χ0n) is 14.6. The molecule has 8 nitrogen and oxygen atoms in total. The normalized spacial score (nSPS) is 15.4. The van der Waals surface area contributed by atoms with Gasteiger partial charge in [-0.15, -0.1) is 10.2 Å². The average molecular weight is 361 g/mol. The molecule has 3 N–H and O–H groups in total. The molecule has 0 spiro atoms. The molecule has 1 aromatic carbocycles. The molecule has 0 bridgehead atoms. The zero-order chi connectivity index (χ0) is 18.2. The molecule has 1 fully saturated rings. The van der Waals surface area contributed by atoms with Crippen molar-refractivity contribution < 1.29 is 5.11 Å². The largest absolute Gasteiger partial charge is 0.507 e. The lowest BCUT2D eigenvalue weighted by atomic mass is 10.0. The van der Waals surface area contributed by atoms with E-state index in [1.54, 1.807) is 18.5 Å². The van der Waals surface area contributed by atoms with Gasteiger partial charge in [-0.1, -0.05) is 6.07 Å². The van der Waals surface area contributed by atoms with Crippen molar-refractivity contribution in [1.29, 1.82) is 0 Å². The summed E-state index contributed by atoms with van der Waals surface area (Å²) in [5.74, 6) is 0.160. The summed E-state index contributed by atoms with van der Waals surface area (Å²) in [5, 5.41) is 34.8. The van der Waals surface area contributed by atoms with E-state index in [1.165, 1.54) is 0 Å². The molecule has 4 heterocycles. The second-order valence-electron chi connectivity index (χ2n) is 6.80. The van der Waals surface area contributed by atoms with Crippen molar-refractivity contribution >= 4 is 11.0 Å². The first-order valence-corrected chi connectivity index (χ1v) is 9.04. The van der Waals surface area contributed by atoms with E-state index >= 15 is 0 Å². The minimum Gasteiger partial charge on any atom is -0.507 e. The van der Waals surface area contributed by atoms with Crippen LogP contribution in [-0.2, 0) is 0 Å². The highest BCUT2D eigenvalue weighted by Gasteiger charge is 2.19. The summed E-state index contributed by atoms with van der Waals surface area (Å²) in [6.45, 7) is 1.99. The summed E-state index contributed by atoms with van der Waals surface area (Å²) in [5.41, 5.74) is 3.87. The summed E-state index contributed by atoms with van der Waals surface area (Å²) in [6, 6.07) is 7.78. The topological polar surface area (TPSA) is 105 Å². The fourth-order valence-electron chi connectivity index (χ4n) is 3.64. The monoisotopic (exact) mass is 361 g/mol. The number of benzene rings is 1. The molecule has 4 aromatic rings. The van der Waals surface area contributed by atoms with Crippen molar-refractivity contribution in [2.24, 2.45) is 0 Å². The number of nitrogens with one attached hydrogen (secondary N) is 2.